The van der Waals surface area contributed by atoms with Crippen LogP contribution in [0.4, 0.5) is 0 Å². The second-order valence-electron chi connectivity index (χ2n) is 26.0. The molecule has 0 heterocycles. The highest BCUT2D eigenvalue weighted by Crippen LogP contribution is 2.26. The first-order valence-corrected chi connectivity index (χ1v) is 36.8. The molecule has 0 saturated heterocycles. The fourth-order valence-electron chi connectivity index (χ4n) is 9.63. The molecule has 6 aromatic rings. The Hall–Kier alpha value is -11.1. The van der Waals surface area contributed by atoms with Crippen molar-refractivity contribution in [2.75, 3.05) is 11.5 Å². The van der Waals surface area contributed by atoms with Crippen LogP contribution in [0.3, 0.4) is 0 Å². The fourth-order valence-corrected chi connectivity index (χ4v) is 11.6. The van der Waals surface area contributed by atoms with Crippen molar-refractivity contribution >= 4 is 116 Å². The summed E-state index contributed by atoms with van der Waals surface area (Å²) < 4.78 is 23.5. The number of aliphatic carboxylic acids is 6. The molecule has 0 spiro atoms. The van der Waals surface area contributed by atoms with Gasteiger partial charge in [0.05, 0.1) is 52.8 Å². The molecule has 1 aliphatic rings. The lowest BCUT2D eigenvalue weighted by Crippen LogP contribution is -2.69. The number of carbonyl (C=O) groups is 15. The maximum Gasteiger partial charge on any atom is 0.320 e. The Morgan fingerprint density at radius 1 is 0.509 bits per heavy atom. The number of benzene rings is 6. The summed E-state index contributed by atoms with van der Waals surface area (Å²) in [6.07, 6.45) is 4.79. The van der Waals surface area contributed by atoms with Gasteiger partial charge in [0.15, 0.2) is 21.4 Å². The van der Waals surface area contributed by atoms with Crippen LogP contribution >= 0.6 is 11.8 Å². The molecule has 1 fully saturated rings. The van der Waals surface area contributed by atoms with Crippen LogP contribution in [0.25, 0.3) is 0 Å². The van der Waals surface area contributed by atoms with Gasteiger partial charge in [0.2, 0.25) is 17.5 Å². The Morgan fingerprint density at radius 3 is 1.19 bits per heavy atom. The normalized spacial score (nSPS) is 13.7. The number of nitrogens with zero attached hydrogens (tertiary/aromatic N) is 1. The maximum absolute atomic E-state index is 12.2. The first-order valence-electron chi connectivity index (χ1n) is 34.2. The molecule has 110 heavy (non-hydrogen) atoms. The molecule has 32 heteroatoms. The molecule has 0 aromatic heterocycles. The van der Waals surface area contributed by atoms with E-state index in [-0.39, 0.29) is 84.2 Å². The number of hydrogen-bond donors (Lipinski definition) is 7. The molecule has 0 bridgehead atoms. The van der Waals surface area contributed by atoms with Crippen LogP contribution in [-0.4, -0.2) is 155 Å². The molecular formula is C78H93N7O23S2. The molecule has 1 saturated carbocycles. The summed E-state index contributed by atoms with van der Waals surface area (Å²) in [7, 11) is -3.61. The number of carboxylic acids is 6. The second kappa shape index (κ2) is 47.6. The Kier molecular flexibility index (Phi) is 41.1. The van der Waals surface area contributed by atoms with Crippen molar-refractivity contribution in [3.05, 3.63) is 201 Å². The summed E-state index contributed by atoms with van der Waals surface area (Å²) in [5.74, 6) is -9.99. The van der Waals surface area contributed by atoms with Crippen molar-refractivity contribution in [2.45, 2.75) is 152 Å². The average Bonchev–Trinajstić information content (AvgIpc) is 1.41. The van der Waals surface area contributed by atoms with Crippen LogP contribution in [0.1, 0.15) is 137 Å². The zero-order valence-electron chi connectivity index (χ0n) is 61.8. The Balaban J connectivity index is 0.000000448. The van der Waals surface area contributed by atoms with Gasteiger partial charge in [-0.15, -0.1) is 11.8 Å². The molecule has 7 atom stereocenters. The number of quaternary nitrogens is 5. The predicted octanol–water partition coefficient (Wildman–Crippen LogP) is -5.28. The number of ketones is 8. The van der Waals surface area contributed by atoms with Gasteiger partial charge in [-0.2, -0.15) is 0 Å². The molecular weight excluding hydrogens is 1470 g/mol. The lowest BCUT2D eigenvalue weighted by atomic mass is 9.94. The number of aliphatic imine (C=N–C) groups is 1. The Morgan fingerprint density at radius 2 is 0.864 bits per heavy atom. The van der Waals surface area contributed by atoms with Crippen LogP contribution in [0, 0.1) is 11.8 Å². The molecule has 2 unspecified atom stereocenters. The van der Waals surface area contributed by atoms with Gasteiger partial charge >= 0.3 is 5.97 Å². The summed E-state index contributed by atoms with van der Waals surface area (Å²) >= 11 is 1.47. The van der Waals surface area contributed by atoms with E-state index in [1.165, 1.54) is 75.1 Å². The first-order chi connectivity index (χ1) is 51.4. The highest BCUT2D eigenvalue weighted by molar-refractivity contribution is 8.00. The fraction of sp³-hybridized carbons (Fsp3) is 0.333. The van der Waals surface area contributed by atoms with E-state index in [1.807, 2.05) is 24.3 Å². The number of Topliss-reactive ketones (excluding diaryl/α,β-unsaturated/α-hetero) is 8. The molecule has 1 amide bonds. The van der Waals surface area contributed by atoms with Gasteiger partial charge < -0.3 is 89.0 Å². The maximum atomic E-state index is 12.2. The van der Waals surface area contributed by atoms with Crippen molar-refractivity contribution in [1.29, 1.82) is 0 Å². The number of carboxylic acid groups (broad SMARTS) is 6. The summed E-state index contributed by atoms with van der Waals surface area (Å²) in [5.41, 5.74) is 29.5. The van der Waals surface area contributed by atoms with Gasteiger partial charge in [0, 0.05) is 79.2 Å². The molecule has 0 radical (unpaired) electrons. The number of nitrogens with two attached hydrogens (primary N) is 1. The number of amides is 1. The van der Waals surface area contributed by atoms with E-state index in [1.54, 1.807) is 106 Å². The van der Waals surface area contributed by atoms with Crippen LogP contribution in [0.5, 0.6) is 0 Å². The van der Waals surface area contributed by atoms with Crippen molar-refractivity contribution in [3.8, 4) is 0 Å². The van der Waals surface area contributed by atoms with E-state index in [9.17, 15) is 106 Å². The van der Waals surface area contributed by atoms with E-state index in [0.717, 1.165) is 44.7 Å². The number of carbonyl (C=O) groups excluding carboxylic acids is 14. The van der Waals surface area contributed by atoms with Crippen molar-refractivity contribution < 1.29 is 140 Å². The third kappa shape index (κ3) is 36.7. The van der Waals surface area contributed by atoms with E-state index in [2.05, 4.69) is 33.7 Å². The zero-order chi connectivity index (χ0) is 83.3. The predicted molar refractivity (Wildman–Crippen MR) is 388 cm³/mol. The van der Waals surface area contributed by atoms with Crippen LogP contribution in [0.2, 0.25) is 0 Å². The second-order valence-corrected chi connectivity index (χ2v) is 29.1. The summed E-state index contributed by atoms with van der Waals surface area (Å²) in [6.45, 7) is 8.83. The van der Waals surface area contributed by atoms with Crippen molar-refractivity contribution in [1.82, 2.24) is 0 Å². The van der Waals surface area contributed by atoms with Gasteiger partial charge in [-0.25, -0.2) is 13.4 Å². The number of hydrogen-bond acceptors (Lipinski definition) is 24. The van der Waals surface area contributed by atoms with Crippen LogP contribution in [0.15, 0.2) is 160 Å². The van der Waals surface area contributed by atoms with Gasteiger partial charge in [-0.3, -0.25) is 47.9 Å². The quantitative estimate of drug-likeness (QED) is 0.00665. The topological polar surface area (TPSA) is 602 Å². The monoisotopic (exact) mass is 1560 g/mol. The smallest absolute Gasteiger partial charge is 0.320 e. The first kappa shape index (κ1) is 95.0. The van der Waals surface area contributed by atoms with Crippen molar-refractivity contribution in [2.24, 2.45) is 22.6 Å². The van der Waals surface area contributed by atoms with E-state index < -0.39 is 111 Å². The van der Waals surface area contributed by atoms with Crippen LogP contribution in [-0.2, 0) is 106 Å². The zero-order valence-corrected chi connectivity index (χ0v) is 63.5. The third-order valence-electron chi connectivity index (χ3n) is 15.8. The summed E-state index contributed by atoms with van der Waals surface area (Å²) in [5, 5.41) is 61.5. The van der Waals surface area contributed by atoms with Crippen molar-refractivity contribution in [3.63, 3.8) is 0 Å². The molecule has 0 aliphatic heterocycles. The Bertz CT molecular complexity index is 4340. The molecule has 7 rings (SSSR count). The molecule has 6 aromatic carbocycles. The van der Waals surface area contributed by atoms with Gasteiger partial charge in [0.1, 0.15) is 65.1 Å². The standard InChI is InChI=1S/C15H17NO4.C14H17NO4.C13H15NO4.C12H14N2O3.C12H15NO5S.C12H15NO3S/c16-12(15(19)20)8-9-4-6-10(7-5-9)14(18)11-2-1-3-13(11)17;1-8(2)12(16)13(17)10-5-3-9(4-6-10)7-11(15)14(18)19;1-8(15)6-12(16)10-4-2-9(3-5-10)7-11(14)13(17)18;1-8(15)14-7-10-4-2-9(3-5-10)6-11(13)12(16)17;1-8(14)7-19(17,18)10-4-2-9(3-5-10)6-11(13)12(15)16;1-8(14)7-17-10-4-2-9(3-5-10)6-11(13)12(15)16/h4-7,11-12H,1-3,8,16H2,(H,19,20);3-6,8,11H,7,15H2,1-2H3,(H,18,19);2-5,11H,6-7,14H2,1H3,(H,17,18);2-5,7,11H,6,13H2,1H3,(H,16,17);2-5,11H,6-7,13H2,1H3,(H,15,16);2-5,11H,6-7,13H2,1H3,(H,15,16)/t11?,12-;2*11-;;2*11-/m000.00/s1. The SMILES string of the molecule is CC(=O)CC(=O)c1ccc(C[C@H]([NH3+])C(=O)[O-])cc1.CC(=O)CS(=O)(=O)c1ccc(C[C@H]([NH3+])C(=O)[O-])cc1.CC(=O)CSc1ccc(C[C@H]([NH3+])C(=O)[O-])cc1.CC(=O)N=Cc1ccc(CC(N)C(=O)O)cc1.CC(C)C(=O)C(=O)c1ccc(C[C@H]([NH3+])C(=O)[O-])cc1.[NH3+][C@@H](Cc1ccc(C(=O)C2CCCC2=O)cc1)C(=O)[O-]. The molecule has 1 aliphatic carbocycles. The number of sulfone groups is 1. The molecule has 30 nitrogen and oxygen atoms in total. The highest BCUT2D eigenvalue weighted by atomic mass is 32.2. The minimum atomic E-state index is -3.61. The van der Waals surface area contributed by atoms with Gasteiger partial charge in [-0.1, -0.05) is 135 Å². The van der Waals surface area contributed by atoms with Gasteiger partial charge in [-0.05, 0) is 103 Å². The highest BCUT2D eigenvalue weighted by Gasteiger charge is 2.32. The molecule has 18 N–H and O–H groups in total. The largest absolute Gasteiger partial charge is 0.544 e. The minimum Gasteiger partial charge on any atom is -0.544 e. The van der Waals surface area contributed by atoms with E-state index in [4.69, 9.17) is 10.8 Å². The number of thioether (sulfide) groups is 1. The van der Waals surface area contributed by atoms with E-state index >= 15 is 0 Å². The van der Waals surface area contributed by atoms with Crippen LogP contribution < -0.4 is 59.9 Å². The Labute approximate surface area is 639 Å². The minimum absolute atomic E-state index is 0.0221. The number of rotatable bonds is 33. The summed E-state index contributed by atoms with van der Waals surface area (Å²) in [4.78, 5) is 170. The summed E-state index contributed by atoms with van der Waals surface area (Å²) in [6, 6.07) is 34.8. The average molecular weight is 1560 g/mol. The third-order valence-corrected chi connectivity index (χ3v) is 18.7. The van der Waals surface area contributed by atoms with E-state index in [0.29, 0.717) is 47.3 Å². The van der Waals surface area contributed by atoms with Gasteiger partial charge in [0.25, 0.3) is 0 Å². The molecule has 590 valence electrons. The lowest BCUT2D eigenvalue weighted by Gasteiger charge is -2.10. The lowest BCUT2D eigenvalue weighted by molar-refractivity contribution is -0.437.